The molecule has 0 spiro atoms. The molecule has 0 heterocycles. The van der Waals surface area contributed by atoms with Gasteiger partial charge in [-0.05, 0) is 82.0 Å². The fourth-order valence-electron chi connectivity index (χ4n) is 6.47. The maximum atomic E-state index is 11.2. The van der Waals surface area contributed by atoms with E-state index in [1.165, 1.54) is 23.1 Å². The zero-order valence-corrected chi connectivity index (χ0v) is 18.0. The highest BCUT2D eigenvalue weighted by Crippen LogP contribution is 2.54. The number of allylic oxidation sites excluding steroid dienone is 4. The summed E-state index contributed by atoms with van der Waals surface area (Å²) < 4.78 is 0. The first-order valence-electron chi connectivity index (χ1n) is 11.0. The van der Waals surface area contributed by atoms with Crippen LogP contribution in [0.4, 0.5) is 0 Å². The molecule has 27 heavy (non-hydrogen) atoms. The van der Waals surface area contributed by atoms with E-state index in [0.717, 1.165) is 25.7 Å². The third-order valence-corrected chi connectivity index (χ3v) is 8.21. The Hall–Kier alpha value is -0.860. The maximum Gasteiger partial charge on any atom is 0.0780 e. The molecule has 0 aliphatic heterocycles. The molecule has 0 unspecified atom stereocenters. The quantitative estimate of drug-likeness (QED) is 0.583. The molecule has 0 aromatic heterocycles. The van der Waals surface area contributed by atoms with Crippen molar-refractivity contribution >= 4 is 0 Å². The van der Waals surface area contributed by atoms with Gasteiger partial charge < -0.3 is 10.2 Å². The summed E-state index contributed by atoms with van der Waals surface area (Å²) in [5.41, 5.74) is 3.94. The van der Waals surface area contributed by atoms with E-state index in [9.17, 15) is 10.2 Å². The van der Waals surface area contributed by atoms with Crippen molar-refractivity contribution in [2.24, 2.45) is 35.0 Å². The monoisotopic (exact) mass is 372 g/mol. The molecule has 0 bridgehead atoms. The summed E-state index contributed by atoms with van der Waals surface area (Å²) in [5, 5.41) is 22.1. The SMILES string of the molecule is C=C1CC[C@H]2C(C)=CC[C@H]3[C@@H](C(C)C)[C@H](O)C[C@]3(C)[C@H](O)C=C(C)CC[C@@H]12. The third-order valence-electron chi connectivity index (χ3n) is 8.21. The van der Waals surface area contributed by atoms with Gasteiger partial charge in [0.15, 0.2) is 0 Å². The van der Waals surface area contributed by atoms with Crippen LogP contribution in [0.15, 0.2) is 35.5 Å². The van der Waals surface area contributed by atoms with E-state index < -0.39 is 6.10 Å². The van der Waals surface area contributed by atoms with Crippen molar-refractivity contribution in [3.05, 3.63) is 35.5 Å². The van der Waals surface area contributed by atoms with Crippen LogP contribution < -0.4 is 0 Å². The predicted octanol–water partition coefficient (Wildman–Crippen LogP) is 5.67. The number of aliphatic hydroxyl groups excluding tert-OH is 2. The van der Waals surface area contributed by atoms with Gasteiger partial charge in [0, 0.05) is 5.41 Å². The second kappa shape index (κ2) is 7.87. The molecule has 2 saturated carbocycles. The minimum atomic E-state index is -0.489. The Bertz CT molecular complexity index is 628. The first-order valence-corrected chi connectivity index (χ1v) is 11.0. The molecule has 2 heteroatoms. The Morgan fingerprint density at radius 1 is 1.11 bits per heavy atom. The maximum absolute atomic E-state index is 11.2. The van der Waals surface area contributed by atoms with E-state index in [1.807, 2.05) is 0 Å². The average molecular weight is 373 g/mol. The van der Waals surface area contributed by atoms with Crippen LogP contribution in [-0.4, -0.2) is 22.4 Å². The number of hydrogen-bond acceptors (Lipinski definition) is 2. The number of fused-ring (bicyclic) bond motifs is 2. The molecule has 0 amide bonds. The van der Waals surface area contributed by atoms with Gasteiger partial charge in [-0.25, -0.2) is 0 Å². The van der Waals surface area contributed by atoms with Crippen molar-refractivity contribution < 1.29 is 10.2 Å². The molecule has 0 saturated heterocycles. The minimum absolute atomic E-state index is 0.250. The van der Waals surface area contributed by atoms with Crippen LogP contribution in [0.3, 0.4) is 0 Å². The van der Waals surface area contributed by atoms with Crippen molar-refractivity contribution in [3.8, 4) is 0 Å². The molecule has 2 nitrogen and oxygen atoms in total. The molecule has 2 N–H and O–H groups in total. The van der Waals surface area contributed by atoms with E-state index in [4.69, 9.17) is 0 Å². The zero-order valence-electron chi connectivity index (χ0n) is 18.0. The van der Waals surface area contributed by atoms with Gasteiger partial charge in [0.2, 0.25) is 0 Å². The molecule has 0 radical (unpaired) electrons. The van der Waals surface area contributed by atoms with E-state index in [1.54, 1.807) is 0 Å². The van der Waals surface area contributed by atoms with Crippen molar-refractivity contribution in [2.45, 2.75) is 85.4 Å². The summed E-state index contributed by atoms with van der Waals surface area (Å²) in [7, 11) is 0. The highest BCUT2D eigenvalue weighted by Gasteiger charge is 2.53. The molecule has 152 valence electrons. The summed E-state index contributed by atoms with van der Waals surface area (Å²) in [6.45, 7) is 15.5. The van der Waals surface area contributed by atoms with Crippen LogP contribution in [0.2, 0.25) is 0 Å². The van der Waals surface area contributed by atoms with Gasteiger partial charge in [-0.1, -0.05) is 56.2 Å². The lowest BCUT2D eigenvalue weighted by molar-refractivity contribution is 0.0285. The van der Waals surface area contributed by atoms with Crippen molar-refractivity contribution in [1.82, 2.24) is 0 Å². The number of rotatable bonds is 1. The standard InChI is InChI=1S/C25H40O2/c1-15(2)24-21-12-9-18(5)20-11-8-17(4)19(20)10-7-16(3)13-23(27)25(21,6)14-22(24)26/h9,13,15,19-24,26-27H,4,7-8,10-12,14H2,1-3,5-6H3/t19-,20-,21-,22+,23+,24+,25-/m0/s1. The lowest BCUT2D eigenvalue weighted by Gasteiger charge is -2.38. The van der Waals surface area contributed by atoms with Gasteiger partial charge in [0.1, 0.15) is 0 Å². The fourth-order valence-corrected chi connectivity index (χ4v) is 6.47. The van der Waals surface area contributed by atoms with Crippen molar-refractivity contribution in [2.75, 3.05) is 0 Å². The number of hydrogen-bond donors (Lipinski definition) is 2. The van der Waals surface area contributed by atoms with Crippen molar-refractivity contribution in [1.29, 1.82) is 0 Å². The first kappa shape index (κ1) is 20.9. The van der Waals surface area contributed by atoms with Crippen LogP contribution in [0.5, 0.6) is 0 Å². The van der Waals surface area contributed by atoms with Crippen LogP contribution in [0.1, 0.15) is 73.1 Å². The summed E-state index contributed by atoms with van der Waals surface area (Å²) in [6, 6.07) is 0. The molecule has 0 aromatic carbocycles. The van der Waals surface area contributed by atoms with Crippen LogP contribution >= 0.6 is 0 Å². The first-order chi connectivity index (χ1) is 12.6. The summed E-state index contributed by atoms with van der Waals surface area (Å²) in [6.07, 6.45) is 9.93. The average Bonchev–Trinajstić information content (AvgIpc) is 3.07. The topological polar surface area (TPSA) is 40.5 Å². The van der Waals surface area contributed by atoms with E-state index in [2.05, 4.69) is 53.3 Å². The highest BCUT2D eigenvalue weighted by atomic mass is 16.3. The van der Waals surface area contributed by atoms with Gasteiger partial charge >= 0.3 is 0 Å². The second-order valence-corrected chi connectivity index (χ2v) is 10.3. The number of aliphatic hydroxyl groups is 2. The Kier molecular flexibility index (Phi) is 6.08. The van der Waals surface area contributed by atoms with Crippen LogP contribution in [0, 0.1) is 35.0 Å². The predicted molar refractivity (Wildman–Crippen MR) is 113 cm³/mol. The van der Waals surface area contributed by atoms with Gasteiger partial charge in [-0.15, -0.1) is 0 Å². The van der Waals surface area contributed by atoms with Crippen LogP contribution in [-0.2, 0) is 0 Å². The largest absolute Gasteiger partial charge is 0.393 e. The Morgan fingerprint density at radius 2 is 1.78 bits per heavy atom. The minimum Gasteiger partial charge on any atom is -0.393 e. The molecular formula is C25H40O2. The van der Waals surface area contributed by atoms with E-state index >= 15 is 0 Å². The van der Waals surface area contributed by atoms with Crippen LogP contribution in [0.25, 0.3) is 0 Å². The molecule has 3 aliphatic rings. The normalized spacial score (nSPS) is 43.5. The fraction of sp³-hybridized carbons (Fsp3) is 0.760. The van der Waals surface area contributed by atoms with Gasteiger partial charge in [-0.3, -0.25) is 0 Å². The summed E-state index contributed by atoms with van der Waals surface area (Å²) in [5.74, 6) is 2.20. The lowest BCUT2D eigenvalue weighted by Crippen LogP contribution is -2.37. The van der Waals surface area contributed by atoms with Gasteiger partial charge in [-0.2, -0.15) is 0 Å². The lowest BCUT2D eigenvalue weighted by atomic mass is 9.68. The van der Waals surface area contributed by atoms with E-state index in [-0.39, 0.29) is 17.4 Å². The molecule has 3 aliphatic carbocycles. The van der Waals surface area contributed by atoms with Crippen molar-refractivity contribution in [3.63, 3.8) is 0 Å². The summed E-state index contributed by atoms with van der Waals surface area (Å²) in [4.78, 5) is 0. The Balaban J connectivity index is 2.00. The molecular weight excluding hydrogens is 332 g/mol. The van der Waals surface area contributed by atoms with E-state index in [0.29, 0.717) is 30.1 Å². The second-order valence-electron chi connectivity index (χ2n) is 10.3. The van der Waals surface area contributed by atoms with Gasteiger partial charge in [0.25, 0.3) is 0 Å². The third kappa shape index (κ3) is 3.85. The molecule has 2 fully saturated rings. The summed E-state index contributed by atoms with van der Waals surface area (Å²) >= 11 is 0. The molecule has 3 rings (SSSR count). The molecule has 7 atom stereocenters. The zero-order chi connectivity index (χ0) is 19.9. The Labute approximate surface area is 166 Å². The smallest absolute Gasteiger partial charge is 0.0780 e. The van der Waals surface area contributed by atoms with Gasteiger partial charge in [0.05, 0.1) is 12.2 Å². The highest BCUT2D eigenvalue weighted by molar-refractivity contribution is 5.21. The Morgan fingerprint density at radius 3 is 2.44 bits per heavy atom. The molecule has 0 aromatic rings.